The third-order valence-electron chi connectivity index (χ3n) is 5.04. The highest BCUT2D eigenvalue weighted by Crippen LogP contribution is 2.44. The fourth-order valence-corrected chi connectivity index (χ4v) is 2.99. The number of aliphatic imine (C=N–C) groups is 1. The Morgan fingerprint density at radius 3 is 2.55 bits per heavy atom. The lowest BCUT2D eigenvalue weighted by Crippen LogP contribution is -2.47. The smallest absolute Gasteiger partial charge is 0.191 e. The Bertz CT molecular complexity index is 363. The molecule has 0 spiro atoms. The molecule has 4 nitrogen and oxygen atoms in total. The molecule has 0 bridgehead atoms. The van der Waals surface area contributed by atoms with E-state index in [1.165, 1.54) is 38.8 Å². The van der Waals surface area contributed by atoms with Gasteiger partial charge in [0.05, 0.1) is 0 Å². The first-order chi connectivity index (χ1) is 9.09. The van der Waals surface area contributed by atoms with Crippen molar-refractivity contribution in [2.75, 3.05) is 26.7 Å². The minimum Gasteiger partial charge on any atom is -0.356 e. The van der Waals surface area contributed by atoms with Gasteiger partial charge in [0.15, 0.2) is 5.96 Å². The van der Waals surface area contributed by atoms with Crippen molar-refractivity contribution in [3.05, 3.63) is 0 Å². The Kier molecular flexibility index (Phi) is 5.21. The van der Waals surface area contributed by atoms with Crippen molar-refractivity contribution in [2.45, 2.75) is 51.6 Å². The number of rotatable bonds is 4. The van der Waals surface area contributed by atoms with Gasteiger partial charge >= 0.3 is 0 Å². The van der Waals surface area contributed by atoms with E-state index in [-0.39, 0.29) is 24.0 Å². The first-order valence-corrected chi connectivity index (χ1v) is 7.81. The standard InChI is InChI=1S/C15H28N4.HI/c1-11-8-19(12-4-5-12)9-13(11)18-14(16-3)17-10-15(2)6-7-15;/h11-13H,4-10H2,1-3H3,(H2,16,17,18);1H. The molecule has 0 amide bonds. The molecule has 0 aromatic heterocycles. The van der Waals surface area contributed by atoms with E-state index < -0.39 is 0 Å². The van der Waals surface area contributed by atoms with Crippen LogP contribution in [0.4, 0.5) is 0 Å². The highest BCUT2D eigenvalue weighted by atomic mass is 127. The molecule has 20 heavy (non-hydrogen) atoms. The highest BCUT2D eigenvalue weighted by Gasteiger charge is 2.39. The molecule has 1 aliphatic heterocycles. The van der Waals surface area contributed by atoms with E-state index in [0.717, 1.165) is 24.5 Å². The largest absolute Gasteiger partial charge is 0.356 e. The van der Waals surface area contributed by atoms with Crippen LogP contribution < -0.4 is 10.6 Å². The number of likely N-dealkylation sites (tertiary alicyclic amines) is 1. The van der Waals surface area contributed by atoms with Gasteiger partial charge in [-0.2, -0.15) is 0 Å². The molecule has 5 heteroatoms. The zero-order valence-electron chi connectivity index (χ0n) is 13.0. The molecule has 2 unspecified atom stereocenters. The molecule has 0 radical (unpaired) electrons. The van der Waals surface area contributed by atoms with Gasteiger partial charge in [-0.1, -0.05) is 13.8 Å². The van der Waals surface area contributed by atoms with Crippen LogP contribution in [0.3, 0.4) is 0 Å². The van der Waals surface area contributed by atoms with Gasteiger partial charge in [0.2, 0.25) is 0 Å². The third-order valence-corrected chi connectivity index (χ3v) is 5.04. The number of nitrogens with one attached hydrogen (secondary N) is 2. The molecule has 3 aliphatic rings. The Balaban J connectivity index is 0.00000147. The zero-order valence-corrected chi connectivity index (χ0v) is 15.3. The molecule has 2 saturated carbocycles. The van der Waals surface area contributed by atoms with Crippen LogP contribution in [-0.2, 0) is 0 Å². The van der Waals surface area contributed by atoms with Gasteiger partial charge in [0.25, 0.3) is 0 Å². The van der Waals surface area contributed by atoms with Crippen LogP contribution in [0.1, 0.15) is 39.5 Å². The summed E-state index contributed by atoms with van der Waals surface area (Å²) >= 11 is 0. The highest BCUT2D eigenvalue weighted by molar-refractivity contribution is 14.0. The van der Waals surface area contributed by atoms with Gasteiger partial charge in [-0.25, -0.2) is 0 Å². The Morgan fingerprint density at radius 1 is 1.30 bits per heavy atom. The molecule has 2 atom stereocenters. The fourth-order valence-electron chi connectivity index (χ4n) is 2.99. The number of nitrogens with zero attached hydrogens (tertiary/aromatic N) is 2. The summed E-state index contributed by atoms with van der Waals surface area (Å²) in [6.07, 6.45) is 5.52. The van der Waals surface area contributed by atoms with E-state index in [1.54, 1.807) is 0 Å². The Hall–Kier alpha value is -0.0400. The third kappa shape index (κ3) is 4.00. The van der Waals surface area contributed by atoms with Crippen molar-refractivity contribution in [2.24, 2.45) is 16.3 Å². The Labute approximate surface area is 140 Å². The number of guanidine groups is 1. The first-order valence-electron chi connectivity index (χ1n) is 7.81. The summed E-state index contributed by atoms with van der Waals surface area (Å²) in [7, 11) is 1.88. The predicted octanol–water partition coefficient (Wildman–Crippen LogP) is 2.05. The average Bonchev–Trinajstić information content (AvgIpc) is 3.29. The van der Waals surface area contributed by atoms with Gasteiger partial charge in [-0.3, -0.25) is 9.89 Å². The maximum absolute atomic E-state index is 4.38. The van der Waals surface area contributed by atoms with Crippen molar-refractivity contribution in [3.63, 3.8) is 0 Å². The van der Waals surface area contributed by atoms with Gasteiger partial charge in [-0.05, 0) is 37.0 Å². The van der Waals surface area contributed by atoms with Crippen LogP contribution in [0, 0.1) is 11.3 Å². The second-order valence-electron chi connectivity index (χ2n) is 7.15. The molecule has 1 saturated heterocycles. The average molecular weight is 392 g/mol. The van der Waals surface area contributed by atoms with Gasteiger partial charge in [0.1, 0.15) is 0 Å². The van der Waals surface area contributed by atoms with E-state index in [9.17, 15) is 0 Å². The summed E-state index contributed by atoms with van der Waals surface area (Å²) in [5.74, 6) is 1.71. The molecular formula is C15H29IN4. The van der Waals surface area contributed by atoms with Crippen molar-refractivity contribution >= 4 is 29.9 Å². The molecule has 2 aliphatic carbocycles. The number of halogens is 1. The van der Waals surface area contributed by atoms with Crippen molar-refractivity contribution in [3.8, 4) is 0 Å². The van der Waals surface area contributed by atoms with Gasteiger partial charge in [-0.15, -0.1) is 24.0 Å². The zero-order chi connectivity index (χ0) is 13.5. The molecule has 0 aromatic carbocycles. The predicted molar refractivity (Wildman–Crippen MR) is 94.8 cm³/mol. The Morgan fingerprint density at radius 2 is 2.00 bits per heavy atom. The van der Waals surface area contributed by atoms with E-state index in [0.29, 0.717) is 11.5 Å². The molecular weight excluding hydrogens is 363 g/mol. The lowest BCUT2D eigenvalue weighted by atomic mass is 10.1. The van der Waals surface area contributed by atoms with Crippen LogP contribution in [0.15, 0.2) is 4.99 Å². The van der Waals surface area contributed by atoms with Crippen LogP contribution in [0.2, 0.25) is 0 Å². The SMILES string of the molecule is CN=C(NCC1(C)CC1)NC1CN(C2CC2)CC1C.I. The first kappa shape index (κ1) is 16.3. The van der Waals surface area contributed by atoms with E-state index >= 15 is 0 Å². The monoisotopic (exact) mass is 392 g/mol. The second-order valence-corrected chi connectivity index (χ2v) is 7.15. The summed E-state index contributed by atoms with van der Waals surface area (Å²) in [6, 6.07) is 1.44. The van der Waals surface area contributed by atoms with Crippen LogP contribution in [0.5, 0.6) is 0 Å². The second kappa shape index (κ2) is 6.38. The lowest BCUT2D eigenvalue weighted by Gasteiger charge is -2.21. The van der Waals surface area contributed by atoms with Crippen molar-refractivity contribution in [1.29, 1.82) is 0 Å². The van der Waals surface area contributed by atoms with Crippen LogP contribution >= 0.6 is 24.0 Å². The van der Waals surface area contributed by atoms with Gasteiger partial charge in [0, 0.05) is 38.8 Å². The summed E-state index contributed by atoms with van der Waals surface area (Å²) in [4.78, 5) is 7.03. The summed E-state index contributed by atoms with van der Waals surface area (Å²) in [5.41, 5.74) is 0.527. The summed E-state index contributed by atoms with van der Waals surface area (Å²) in [6.45, 7) is 8.19. The maximum atomic E-state index is 4.38. The minimum atomic E-state index is 0. The van der Waals surface area contributed by atoms with E-state index in [4.69, 9.17) is 0 Å². The summed E-state index contributed by atoms with van der Waals surface area (Å²) in [5, 5.41) is 7.12. The molecule has 0 aromatic rings. The molecule has 2 N–H and O–H groups in total. The maximum Gasteiger partial charge on any atom is 0.191 e. The van der Waals surface area contributed by atoms with Gasteiger partial charge < -0.3 is 10.6 Å². The normalized spacial score (nSPS) is 32.6. The topological polar surface area (TPSA) is 39.7 Å². The van der Waals surface area contributed by atoms with Crippen LogP contribution in [0.25, 0.3) is 0 Å². The molecule has 116 valence electrons. The van der Waals surface area contributed by atoms with Crippen molar-refractivity contribution in [1.82, 2.24) is 15.5 Å². The minimum absolute atomic E-state index is 0. The lowest BCUT2D eigenvalue weighted by molar-refractivity contribution is 0.315. The molecule has 1 heterocycles. The number of hydrogen-bond acceptors (Lipinski definition) is 2. The fraction of sp³-hybridized carbons (Fsp3) is 0.933. The molecule has 3 rings (SSSR count). The number of hydrogen-bond donors (Lipinski definition) is 2. The van der Waals surface area contributed by atoms with Crippen molar-refractivity contribution < 1.29 is 0 Å². The quantitative estimate of drug-likeness (QED) is 0.437. The van der Waals surface area contributed by atoms with Crippen LogP contribution in [-0.4, -0.2) is 49.6 Å². The van der Waals surface area contributed by atoms with E-state index in [1.807, 2.05) is 7.05 Å². The summed E-state index contributed by atoms with van der Waals surface area (Å²) < 4.78 is 0. The van der Waals surface area contributed by atoms with E-state index in [2.05, 4.69) is 34.4 Å². The molecule has 3 fully saturated rings.